The Kier molecular flexibility index (Phi) is 5.90. The van der Waals surface area contributed by atoms with Gasteiger partial charge >= 0.3 is 0 Å². The normalized spacial score (nSPS) is 10.4. The van der Waals surface area contributed by atoms with E-state index < -0.39 is 0 Å². The van der Waals surface area contributed by atoms with Crippen LogP contribution in [0.3, 0.4) is 0 Å². The molecule has 0 bridgehead atoms. The second-order valence-electron chi connectivity index (χ2n) is 4.79. The Labute approximate surface area is 130 Å². The highest BCUT2D eigenvalue weighted by molar-refractivity contribution is 6.30. The van der Waals surface area contributed by atoms with Crippen LogP contribution in [0.5, 0.6) is 11.5 Å². The van der Waals surface area contributed by atoms with Crippen LogP contribution in [0.2, 0.25) is 5.02 Å². The third-order valence-electron chi connectivity index (χ3n) is 3.21. The third-order valence-corrected chi connectivity index (χ3v) is 3.46. The first-order chi connectivity index (χ1) is 10.2. The summed E-state index contributed by atoms with van der Waals surface area (Å²) in [5, 5.41) is 0.723. The van der Waals surface area contributed by atoms with Gasteiger partial charge in [-0.25, -0.2) is 0 Å². The van der Waals surface area contributed by atoms with Gasteiger partial charge in [-0.05, 0) is 54.8 Å². The zero-order valence-electron chi connectivity index (χ0n) is 12.1. The topological polar surface area (TPSA) is 44.5 Å². The number of aryl methyl sites for hydroxylation is 1. The smallest absolute Gasteiger partial charge is 0.161 e. The SMILES string of the molecule is COc1cc(CCCN)ccc1OCc1ccc(Cl)cc1. The molecule has 112 valence electrons. The molecule has 0 aliphatic carbocycles. The van der Waals surface area contributed by atoms with Crippen LogP contribution >= 0.6 is 11.6 Å². The highest BCUT2D eigenvalue weighted by Gasteiger charge is 2.06. The molecule has 4 heteroatoms. The van der Waals surface area contributed by atoms with E-state index >= 15 is 0 Å². The summed E-state index contributed by atoms with van der Waals surface area (Å²) in [5.41, 5.74) is 7.80. The molecular weight excluding hydrogens is 286 g/mol. The van der Waals surface area contributed by atoms with Crippen molar-refractivity contribution in [1.29, 1.82) is 0 Å². The van der Waals surface area contributed by atoms with Gasteiger partial charge in [0.2, 0.25) is 0 Å². The highest BCUT2D eigenvalue weighted by atomic mass is 35.5. The van der Waals surface area contributed by atoms with Gasteiger partial charge in [0.15, 0.2) is 11.5 Å². The predicted octanol–water partition coefficient (Wildman–Crippen LogP) is 3.82. The van der Waals surface area contributed by atoms with Gasteiger partial charge in [-0.1, -0.05) is 29.8 Å². The standard InChI is InChI=1S/C17H20ClNO2/c1-20-17-11-13(3-2-10-19)6-9-16(17)21-12-14-4-7-15(18)8-5-14/h4-9,11H,2-3,10,12,19H2,1H3. The van der Waals surface area contributed by atoms with Crippen molar-refractivity contribution < 1.29 is 9.47 Å². The van der Waals surface area contributed by atoms with Crippen LogP contribution < -0.4 is 15.2 Å². The van der Waals surface area contributed by atoms with Crippen molar-refractivity contribution in [2.24, 2.45) is 5.73 Å². The quantitative estimate of drug-likeness (QED) is 0.846. The first-order valence-electron chi connectivity index (χ1n) is 6.97. The van der Waals surface area contributed by atoms with Crippen molar-refractivity contribution in [3.8, 4) is 11.5 Å². The number of hydrogen-bond donors (Lipinski definition) is 1. The minimum Gasteiger partial charge on any atom is -0.493 e. The molecule has 0 heterocycles. The van der Waals surface area contributed by atoms with Crippen LogP contribution in [0.25, 0.3) is 0 Å². The molecule has 0 amide bonds. The molecule has 0 unspecified atom stereocenters. The lowest BCUT2D eigenvalue weighted by Gasteiger charge is -2.12. The molecule has 0 spiro atoms. The Hall–Kier alpha value is -1.71. The van der Waals surface area contributed by atoms with Gasteiger partial charge in [-0.3, -0.25) is 0 Å². The van der Waals surface area contributed by atoms with Crippen LogP contribution in [0.4, 0.5) is 0 Å². The minimum absolute atomic E-state index is 0.482. The molecule has 2 N–H and O–H groups in total. The Morgan fingerprint density at radius 2 is 1.71 bits per heavy atom. The van der Waals surface area contributed by atoms with Crippen molar-refractivity contribution >= 4 is 11.6 Å². The lowest BCUT2D eigenvalue weighted by Crippen LogP contribution is -2.01. The molecular formula is C17H20ClNO2. The summed E-state index contributed by atoms with van der Waals surface area (Å²) in [7, 11) is 1.65. The summed E-state index contributed by atoms with van der Waals surface area (Å²) in [6.45, 7) is 1.17. The highest BCUT2D eigenvalue weighted by Crippen LogP contribution is 2.29. The van der Waals surface area contributed by atoms with E-state index in [1.165, 1.54) is 5.56 Å². The second kappa shape index (κ2) is 7.91. The molecule has 0 aliphatic rings. The third kappa shape index (κ3) is 4.66. The number of benzene rings is 2. The van der Waals surface area contributed by atoms with Gasteiger partial charge in [0.05, 0.1) is 7.11 Å². The van der Waals surface area contributed by atoms with Gasteiger partial charge < -0.3 is 15.2 Å². The fourth-order valence-electron chi connectivity index (χ4n) is 2.03. The van der Waals surface area contributed by atoms with E-state index in [2.05, 4.69) is 6.07 Å². The number of rotatable bonds is 7. The number of nitrogens with two attached hydrogens (primary N) is 1. The molecule has 2 aromatic carbocycles. The molecule has 0 atom stereocenters. The van der Waals surface area contributed by atoms with E-state index in [-0.39, 0.29) is 0 Å². The molecule has 0 saturated carbocycles. The Morgan fingerprint density at radius 1 is 1.00 bits per heavy atom. The van der Waals surface area contributed by atoms with E-state index in [0.29, 0.717) is 13.2 Å². The zero-order chi connectivity index (χ0) is 15.1. The van der Waals surface area contributed by atoms with Gasteiger partial charge in [0, 0.05) is 5.02 Å². The first-order valence-corrected chi connectivity index (χ1v) is 7.35. The second-order valence-corrected chi connectivity index (χ2v) is 5.23. The molecule has 0 saturated heterocycles. The van der Waals surface area contributed by atoms with Crippen molar-refractivity contribution in [2.75, 3.05) is 13.7 Å². The van der Waals surface area contributed by atoms with Crippen LogP contribution in [-0.4, -0.2) is 13.7 Å². The van der Waals surface area contributed by atoms with E-state index in [0.717, 1.165) is 34.9 Å². The number of ether oxygens (including phenoxy) is 2. The molecule has 21 heavy (non-hydrogen) atoms. The maximum Gasteiger partial charge on any atom is 0.161 e. The van der Waals surface area contributed by atoms with Gasteiger partial charge in [0.25, 0.3) is 0 Å². The van der Waals surface area contributed by atoms with E-state index in [9.17, 15) is 0 Å². The first kappa shape index (κ1) is 15.7. The molecule has 0 aromatic heterocycles. The van der Waals surface area contributed by atoms with E-state index in [4.69, 9.17) is 26.8 Å². The Bertz CT molecular complexity index is 570. The van der Waals surface area contributed by atoms with Crippen molar-refractivity contribution in [1.82, 2.24) is 0 Å². The predicted molar refractivity (Wildman–Crippen MR) is 86.2 cm³/mol. The van der Waals surface area contributed by atoms with Crippen LogP contribution in [0.15, 0.2) is 42.5 Å². The fourth-order valence-corrected chi connectivity index (χ4v) is 2.16. The number of methoxy groups -OCH3 is 1. The minimum atomic E-state index is 0.482. The number of halogens is 1. The Balaban J connectivity index is 2.03. The lowest BCUT2D eigenvalue weighted by atomic mass is 10.1. The lowest BCUT2D eigenvalue weighted by molar-refractivity contribution is 0.284. The van der Waals surface area contributed by atoms with E-state index in [1.54, 1.807) is 7.11 Å². The van der Waals surface area contributed by atoms with Crippen molar-refractivity contribution in [2.45, 2.75) is 19.4 Å². The largest absolute Gasteiger partial charge is 0.493 e. The maximum absolute atomic E-state index is 5.87. The molecule has 0 radical (unpaired) electrons. The van der Waals surface area contributed by atoms with Gasteiger partial charge in [-0.15, -0.1) is 0 Å². The van der Waals surface area contributed by atoms with Gasteiger partial charge in [0.1, 0.15) is 6.61 Å². The van der Waals surface area contributed by atoms with Crippen LogP contribution in [-0.2, 0) is 13.0 Å². The number of hydrogen-bond acceptors (Lipinski definition) is 3. The van der Waals surface area contributed by atoms with Crippen LogP contribution in [0.1, 0.15) is 17.5 Å². The summed E-state index contributed by atoms with van der Waals surface area (Å²) in [6.07, 6.45) is 1.92. The summed E-state index contributed by atoms with van der Waals surface area (Å²) in [4.78, 5) is 0. The molecule has 0 aliphatic heterocycles. The molecule has 2 aromatic rings. The monoisotopic (exact) mass is 305 g/mol. The van der Waals surface area contributed by atoms with E-state index in [1.807, 2.05) is 36.4 Å². The van der Waals surface area contributed by atoms with Crippen LogP contribution in [0, 0.1) is 0 Å². The van der Waals surface area contributed by atoms with Crippen molar-refractivity contribution in [3.05, 3.63) is 58.6 Å². The fraction of sp³-hybridized carbons (Fsp3) is 0.294. The zero-order valence-corrected chi connectivity index (χ0v) is 12.9. The summed E-state index contributed by atoms with van der Waals surface area (Å²) in [5.74, 6) is 1.49. The molecule has 2 rings (SSSR count). The maximum atomic E-state index is 5.87. The summed E-state index contributed by atoms with van der Waals surface area (Å²) >= 11 is 5.87. The summed E-state index contributed by atoms with van der Waals surface area (Å²) < 4.78 is 11.2. The summed E-state index contributed by atoms with van der Waals surface area (Å²) in [6, 6.07) is 13.6. The van der Waals surface area contributed by atoms with Crippen molar-refractivity contribution in [3.63, 3.8) is 0 Å². The average molecular weight is 306 g/mol. The van der Waals surface area contributed by atoms with Gasteiger partial charge in [-0.2, -0.15) is 0 Å². The average Bonchev–Trinajstić information content (AvgIpc) is 2.52. The molecule has 3 nitrogen and oxygen atoms in total. The Morgan fingerprint density at radius 3 is 2.38 bits per heavy atom. The molecule has 0 fully saturated rings.